The summed E-state index contributed by atoms with van der Waals surface area (Å²) in [6, 6.07) is 9.64. The van der Waals surface area contributed by atoms with Gasteiger partial charge >= 0.3 is 0 Å². The Kier molecular flexibility index (Phi) is 5.60. The minimum absolute atomic E-state index is 0.145. The van der Waals surface area contributed by atoms with Crippen LogP contribution >= 0.6 is 0 Å². The molecule has 1 aromatic rings. The van der Waals surface area contributed by atoms with Gasteiger partial charge in [-0.05, 0) is 62.5 Å². The number of piperidine rings is 1. The predicted molar refractivity (Wildman–Crippen MR) is 103 cm³/mol. The summed E-state index contributed by atoms with van der Waals surface area (Å²) in [5.41, 5.74) is 2.96. The van der Waals surface area contributed by atoms with Crippen molar-refractivity contribution in [2.45, 2.75) is 69.6 Å². The quantitative estimate of drug-likeness (QED) is 0.902. The lowest BCUT2D eigenvalue weighted by molar-refractivity contribution is -0.139. The third-order valence-electron chi connectivity index (χ3n) is 6.61. The first-order chi connectivity index (χ1) is 12.7. The molecule has 1 aliphatic heterocycles. The first-order valence-corrected chi connectivity index (χ1v) is 10.4. The molecule has 1 N–H and O–H groups in total. The highest BCUT2D eigenvalue weighted by molar-refractivity contribution is 5.79. The van der Waals surface area contributed by atoms with Crippen LogP contribution in [0.1, 0.15) is 49.7 Å². The van der Waals surface area contributed by atoms with E-state index < -0.39 is 0 Å². The molecule has 4 heteroatoms. The average molecular weight is 357 g/mol. The Bertz CT molecular complexity index is 601. The molecule has 0 bridgehead atoms. The fourth-order valence-electron chi connectivity index (χ4n) is 5.16. The van der Waals surface area contributed by atoms with Crippen LogP contribution in [0.3, 0.4) is 0 Å². The van der Waals surface area contributed by atoms with Gasteiger partial charge in [-0.2, -0.15) is 0 Å². The standard InChI is InChI=1S/C22H32N2O2/c1-26-21-15-18(22(25)24-11-5-2-6-12-24)9-10-20(21)23-19-13-16-7-3-4-8-17(16)14-19/h3-4,7-8,18-21,23H,2,5-6,9-15H2,1H3/t18-,20-,21-/m0/s1. The van der Waals surface area contributed by atoms with Crippen molar-refractivity contribution in [2.24, 2.45) is 5.92 Å². The summed E-state index contributed by atoms with van der Waals surface area (Å²) in [4.78, 5) is 15.0. The summed E-state index contributed by atoms with van der Waals surface area (Å²) in [6.45, 7) is 1.91. The number of nitrogens with one attached hydrogen (secondary N) is 1. The molecule has 4 nitrogen and oxygen atoms in total. The van der Waals surface area contributed by atoms with Crippen LogP contribution in [-0.2, 0) is 22.4 Å². The summed E-state index contributed by atoms with van der Waals surface area (Å²) >= 11 is 0. The highest BCUT2D eigenvalue weighted by atomic mass is 16.5. The highest BCUT2D eigenvalue weighted by Crippen LogP contribution is 2.31. The molecule has 1 saturated carbocycles. The number of likely N-dealkylation sites (tertiary alicyclic amines) is 1. The summed E-state index contributed by atoms with van der Waals surface area (Å²) in [7, 11) is 1.80. The number of carbonyl (C=O) groups excluding carboxylic acids is 1. The number of rotatable bonds is 4. The number of fused-ring (bicyclic) bond motifs is 1. The Balaban J connectivity index is 1.33. The van der Waals surface area contributed by atoms with Gasteiger partial charge in [0, 0.05) is 38.2 Å². The van der Waals surface area contributed by atoms with Gasteiger partial charge in [-0.3, -0.25) is 4.79 Å². The lowest BCUT2D eigenvalue weighted by Gasteiger charge is -2.39. The molecule has 1 saturated heterocycles. The van der Waals surface area contributed by atoms with E-state index in [0.717, 1.165) is 45.2 Å². The van der Waals surface area contributed by atoms with E-state index in [1.54, 1.807) is 7.11 Å². The van der Waals surface area contributed by atoms with Crippen molar-refractivity contribution in [3.05, 3.63) is 35.4 Å². The molecular formula is C22H32N2O2. The van der Waals surface area contributed by atoms with E-state index in [2.05, 4.69) is 34.5 Å². The predicted octanol–water partition coefficient (Wildman–Crippen LogP) is 2.94. The van der Waals surface area contributed by atoms with E-state index in [-0.39, 0.29) is 12.0 Å². The maximum absolute atomic E-state index is 12.9. The maximum Gasteiger partial charge on any atom is 0.225 e. The highest BCUT2D eigenvalue weighted by Gasteiger charge is 2.37. The van der Waals surface area contributed by atoms with Crippen LogP contribution in [-0.4, -0.2) is 49.2 Å². The van der Waals surface area contributed by atoms with Crippen molar-refractivity contribution in [2.75, 3.05) is 20.2 Å². The van der Waals surface area contributed by atoms with Crippen LogP contribution in [0.4, 0.5) is 0 Å². The number of nitrogens with zero attached hydrogens (tertiary/aromatic N) is 1. The summed E-state index contributed by atoms with van der Waals surface area (Å²) in [5, 5.41) is 3.85. The molecule has 1 amide bonds. The van der Waals surface area contributed by atoms with Gasteiger partial charge < -0.3 is 15.0 Å². The first-order valence-electron chi connectivity index (χ1n) is 10.4. The second kappa shape index (κ2) is 8.10. The van der Waals surface area contributed by atoms with Crippen LogP contribution in [0.15, 0.2) is 24.3 Å². The van der Waals surface area contributed by atoms with Crippen molar-refractivity contribution < 1.29 is 9.53 Å². The number of ether oxygens (including phenoxy) is 1. The van der Waals surface area contributed by atoms with E-state index in [9.17, 15) is 4.79 Å². The third kappa shape index (κ3) is 3.81. The van der Waals surface area contributed by atoms with E-state index in [1.807, 2.05) is 0 Å². The number of hydrogen-bond acceptors (Lipinski definition) is 3. The zero-order chi connectivity index (χ0) is 17.9. The zero-order valence-corrected chi connectivity index (χ0v) is 16.0. The minimum atomic E-state index is 0.145. The van der Waals surface area contributed by atoms with Crippen molar-refractivity contribution in [3.63, 3.8) is 0 Å². The average Bonchev–Trinajstić information content (AvgIpc) is 3.10. The Morgan fingerprint density at radius 2 is 1.77 bits per heavy atom. The van der Waals surface area contributed by atoms with E-state index in [1.165, 1.54) is 30.4 Å². The molecule has 142 valence electrons. The van der Waals surface area contributed by atoms with Gasteiger partial charge in [0.05, 0.1) is 6.10 Å². The molecular weight excluding hydrogens is 324 g/mol. The Morgan fingerprint density at radius 1 is 1.08 bits per heavy atom. The van der Waals surface area contributed by atoms with E-state index in [0.29, 0.717) is 18.0 Å². The molecule has 0 radical (unpaired) electrons. The summed E-state index contributed by atoms with van der Waals surface area (Å²) in [6.07, 6.45) is 8.86. The number of methoxy groups -OCH3 is 1. The fraction of sp³-hybridized carbons (Fsp3) is 0.682. The molecule has 0 spiro atoms. The molecule has 4 rings (SSSR count). The van der Waals surface area contributed by atoms with Crippen molar-refractivity contribution >= 4 is 5.91 Å². The number of amides is 1. The SMILES string of the molecule is CO[C@H]1C[C@@H](C(=O)N2CCCCC2)CC[C@@H]1NC1Cc2ccccc2C1. The Labute approximate surface area is 157 Å². The zero-order valence-electron chi connectivity index (χ0n) is 16.0. The van der Waals surface area contributed by atoms with Crippen molar-refractivity contribution in [1.29, 1.82) is 0 Å². The van der Waals surface area contributed by atoms with Gasteiger partial charge in [0.25, 0.3) is 0 Å². The smallest absolute Gasteiger partial charge is 0.225 e. The maximum atomic E-state index is 12.9. The lowest BCUT2D eigenvalue weighted by Crippen LogP contribution is -2.52. The molecule has 0 unspecified atom stereocenters. The third-order valence-corrected chi connectivity index (χ3v) is 6.61. The monoisotopic (exact) mass is 356 g/mol. The fourth-order valence-corrected chi connectivity index (χ4v) is 5.16. The molecule has 2 fully saturated rings. The van der Waals surface area contributed by atoms with Crippen LogP contribution in [0, 0.1) is 5.92 Å². The first kappa shape index (κ1) is 18.0. The number of benzene rings is 1. The summed E-state index contributed by atoms with van der Waals surface area (Å²) < 4.78 is 5.83. The Hall–Kier alpha value is -1.39. The van der Waals surface area contributed by atoms with Crippen LogP contribution in [0.25, 0.3) is 0 Å². The minimum Gasteiger partial charge on any atom is -0.380 e. The van der Waals surface area contributed by atoms with E-state index >= 15 is 0 Å². The van der Waals surface area contributed by atoms with Gasteiger partial charge in [-0.25, -0.2) is 0 Å². The second-order valence-electron chi connectivity index (χ2n) is 8.32. The topological polar surface area (TPSA) is 41.6 Å². The van der Waals surface area contributed by atoms with Crippen molar-refractivity contribution in [3.8, 4) is 0 Å². The normalized spacial score (nSPS) is 29.6. The van der Waals surface area contributed by atoms with Gasteiger partial charge in [-0.15, -0.1) is 0 Å². The lowest BCUT2D eigenvalue weighted by atomic mass is 9.82. The molecule has 2 aliphatic carbocycles. The van der Waals surface area contributed by atoms with Crippen LogP contribution in [0.5, 0.6) is 0 Å². The number of hydrogen-bond donors (Lipinski definition) is 1. The molecule has 26 heavy (non-hydrogen) atoms. The largest absolute Gasteiger partial charge is 0.380 e. The Morgan fingerprint density at radius 3 is 2.42 bits per heavy atom. The molecule has 3 atom stereocenters. The van der Waals surface area contributed by atoms with Crippen LogP contribution in [0.2, 0.25) is 0 Å². The van der Waals surface area contributed by atoms with Gasteiger partial charge in [0.2, 0.25) is 5.91 Å². The summed E-state index contributed by atoms with van der Waals surface area (Å²) in [5.74, 6) is 0.523. The van der Waals surface area contributed by atoms with Crippen molar-refractivity contribution in [1.82, 2.24) is 10.2 Å². The molecule has 1 aromatic carbocycles. The van der Waals surface area contributed by atoms with Crippen LogP contribution < -0.4 is 5.32 Å². The van der Waals surface area contributed by atoms with Gasteiger partial charge in [0.15, 0.2) is 0 Å². The van der Waals surface area contributed by atoms with Gasteiger partial charge in [-0.1, -0.05) is 24.3 Å². The molecule has 0 aromatic heterocycles. The van der Waals surface area contributed by atoms with Gasteiger partial charge in [0.1, 0.15) is 0 Å². The number of carbonyl (C=O) groups is 1. The second-order valence-corrected chi connectivity index (χ2v) is 8.32. The molecule has 1 heterocycles. The van der Waals surface area contributed by atoms with E-state index in [4.69, 9.17) is 4.74 Å². The molecule has 3 aliphatic rings.